The SMILES string of the molecule is CC(=O)SCCCCCCCCCCBr. The van der Waals surface area contributed by atoms with Crippen molar-refractivity contribution in [2.24, 2.45) is 0 Å². The average Bonchev–Trinajstić information content (AvgIpc) is 2.20. The number of carbonyl (C=O) groups excluding carboxylic acids is 1. The normalized spacial score (nSPS) is 10.5. The molecule has 0 N–H and O–H groups in total. The summed E-state index contributed by atoms with van der Waals surface area (Å²) in [7, 11) is 0. The van der Waals surface area contributed by atoms with E-state index in [0.29, 0.717) is 0 Å². The summed E-state index contributed by atoms with van der Waals surface area (Å²) in [5.41, 5.74) is 0. The summed E-state index contributed by atoms with van der Waals surface area (Å²) < 4.78 is 0. The minimum atomic E-state index is 0.254. The van der Waals surface area contributed by atoms with E-state index in [4.69, 9.17) is 0 Å². The number of hydrogen-bond donors (Lipinski definition) is 0. The zero-order chi connectivity index (χ0) is 11.4. The maximum atomic E-state index is 10.6. The quantitative estimate of drug-likeness (QED) is 0.426. The van der Waals surface area contributed by atoms with Crippen molar-refractivity contribution >= 4 is 32.8 Å². The van der Waals surface area contributed by atoms with E-state index < -0.39 is 0 Å². The van der Waals surface area contributed by atoms with Crippen molar-refractivity contribution in [3.8, 4) is 0 Å². The number of hydrogen-bond acceptors (Lipinski definition) is 2. The molecule has 0 radical (unpaired) electrons. The fraction of sp³-hybridized carbons (Fsp3) is 0.917. The molecule has 0 aromatic carbocycles. The minimum absolute atomic E-state index is 0.254. The van der Waals surface area contributed by atoms with E-state index >= 15 is 0 Å². The van der Waals surface area contributed by atoms with Crippen LogP contribution in [0.1, 0.15) is 58.3 Å². The van der Waals surface area contributed by atoms with Gasteiger partial charge in [-0.25, -0.2) is 0 Å². The third kappa shape index (κ3) is 14.5. The van der Waals surface area contributed by atoms with Crippen LogP contribution in [0.25, 0.3) is 0 Å². The molecule has 0 aliphatic rings. The molecular formula is C12H23BrOS. The molecular weight excluding hydrogens is 272 g/mol. The maximum Gasteiger partial charge on any atom is 0.185 e. The van der Waals surface area contributed by atoms with Crippen LogP contribution in [0.5, 0.6) is 0 Å². The maximum absolute atomic E-state index is 10.6. The van der Waals surface area contributed by atoms with Crippen LogP contribution in [0.3, 0.4) is 0 Å². The van der Waals surface area contributed by atoms with Crippen LogP contribution < -0.4 is 0 Å². The van der Waals surface area contributed by atoms with Crippen molar-refractivity contribution in [2.75, 3.05) is 11.1 Å². The summed E-state index contributed by atoms with van der Waals surface area (Å²) in [5, 5.41) is 1.40. The second kappa shape index (κ2) is 12.6. The molecule has 0 bridgehead atoms. The molecule has 0 aromatic rings. The molecule has 15 heavy (non-hydrogen) atoms. The van der Waals surface area contributed by atoms with E-state index in [1.165, 1.54) is 63.1 Å². The Morgan fingerprint density at radius 2 is 1.40 bits per heavy atom. The third-order valence-corrected chi connectivity index (χ3v) is 3.79. The van der Waals surface area contributed by atoms with Crippen LogP contribution in [0.2, 0.25) is 0 Å². The van der Waals surface area contributed by atoms with Crippen LogP contribution in [0.15, 0.2) is 0 Å². The smallest absolute Gasteiger partial charge is 0.185 e. The molecule has 0 heterocycles. The summed E-state index contributed by atoms with van der Waals surface area (Å²) in [6.45, 7) is 1.65. The van der Waals surface area contributed by atoms with E-state index in [1.807, 2.05) is 0 Å². The summed E-state index contributed by atoms with van der Waals surface area (Å²) >= 11 is 4.90. The zero-order valence-electron chi connectivity index (χ0n) is 9.77. The van der Waals surface area contributed by atoms with E-state index in [0.717, 1.165) is 11.1 Å². The van der Waals surface area contributed by atoms with E-state index in [-0.39, 0.29) is 5.12 Å². The highest BCUT2D eigenvalue weighted by atomic mass is 79.9. The van der Waals surface area contributed by atoms with E-state index in [1.54, 1.807) is 6.92 Å². The monoisotopic (exact) mass is 294 g/mol. The molecule has 0 fully saturated rings. The van der Waals surface area contributed by atoms with Crippen molar-refractivity contribution in [1.82, 2.24) is 0 Å². The molecule has 0 rings (SSSR count). The Hall–Kier alpha value is 0.500. The van der Waals surface area contributed by atoms with Gasteiger partial charge < -0.3 is 0 Å². The predicted octanol–water partition coefficient (Wildman–Crippen LogP) is 4.78. The van der Waals surface area contributed by atoms with Gasteiger partial charge in [0.1, 0.15) is 0 Å². The van der Waals surface area contributed by atoms with Crippen LogP contribution in [0.4, 0.5) is 0 Å². The number of rotatable bonds is 10. The van der Waals surface area contributed by atoms with Crippen molar-refractivity contribution in [2.45, 2.75) is 58.3 Å². The third-order valence-electron chi connectivity index (χ3n) is 2.33. The molecule has 90 valence electrons. The van der Waals surface area contributed by atoms with Crippen molar-refractivity contribution in [3.63, 3.8) is 0 Å². The number of thioether (sulfide) groups is 1. The molecule has 3 heteroatoms. The predicted molar refractivity (Wildman–Crippen MR) is 73.9 cm³/mol. The van der Waals surface area contributed by atoms with Gasteiger partial charge in [-0.2, -0.15) is 0 Å². The second-order valence-electron chi connectivity index (χ2n) is 3.86. The van der Waals surface area contributed by atoms with Gasteiger partial charge in [-0.05, 0) is 12.8 Å². The van der Waals surface area contributed by atoms with Gasteiger partial charge in [0.15, 0.2) is 5.12 Å². The number of carbonyl (C=O) groups is 1. The van der Waals surface area contributed by atoms with Crippen molar-refractivity contribution in [1.29, 1.82) is 0 Å². The summed E-state index contributed by atoms with van der Waals surface area (Å²) in [4.78, 5) is 10.6. The zero-order valence-corrected chi connectivity index (χ0v) is 12.2. The molecule has 0 aliphatic carbocycles. The molecule has 0 unspecified atom stereocenters. The van der Waals surface area contributed by atoms with Crippen LogP contribution in [-0.2, 0) is 4.79 Å². The summed E-state index contributed by atoms with van der Waals surface area (Å²) in [6, 6.07) is 0. The van der Waals surface area contributed by atoms with Gasteiger partial charge in [0.2, 0.25) is 0 Å². The molecule has 0 aliphatic heterocycles. The minimum Gasteiger partial charge on any atom is -0.288 e. The lowest BCUT2D eigenvalue weighted by molar-refractivity contribution is -0.109. The fourth-order valence-corrected chi connectivity index (χ4v) is 2.51. The first-order valence-corrected chi connectivity index (χ1v) is 8.07. The number of unbranched alkanes of at least 4 members (excludes halogenated alkanes) is 7. The Balaban J connectivity index is 2.89. The van der Waals surface area contributed by atoms with Gasteiger partial charge in [0, 0.05) is 18.0 Å². The Morgan fingerprint density at radius 1 is 0.933 bits per heavy atom. The molecule has 0 aromatic heterocycles. The van der Waals surface area contributed by atoms with Crippen molar-refractivity contribution in [3.05, 3.63) is 0 Å². The highest BCUT2D eigenvalue weighted by Crippen LogP contribution is 2.11. The van der Waals surface area contributed by atoms with E-state index in [2.05, 4.69) is 15.9 Å². The lowest BCUT2D eigenvalue weighted by atomic mass is 10.1. The van der Waals surface area contributed by atoms with Gasteiger partial charge in [0.05, 0.1) is 0 Å². The fourth-order valence-electron chi connectivity index (χ4n) is 1.47. The lowest BCUT2D eigenvalue weighted by Crippen LogP contribution is -1.87. The molecule has 0 amide bonds. The highest BCUT2D eigenvalue weighted by Gasteiger charge is 1.94. The molecule has 1 nitrogen and oxygen atoms in total. The number of alkyl halides is 1. The molecule has 0 saturated heterocycles. The highest BCUT2D eigenvalue weighted by molar-refractivity contribution is 9.09. The average molecular weight is 295 g/mol. The van der Waals surface area contributed by atoms with Crippen LogP contribution in [0, 0.1) is 0 Å². The summed E-state index contributed by atoms with van der Waals surface area (Å²) in [5.74, 6) is 1.01. The van der Waals surface area contributed by atoms with Gasteiger partial charge in [0.25, 0.3) is 0 Å². The first-order chi connectivity index (χ1) is 7.27. The molecule has 0 spiro atoms. The standard InChI is InChI=1S/C12H23BrOS/c1-12(14)15-11-9-7-5-3-2-4-6-8-10-13/h2-11H2,1H3. The number of halogens is 1. The first kappa shape index (κ1) is 15.5. The topological polar surface area (TPSA) is 17.1 Å². The van der Waals surface area contributed by atoms with Gasteiger partial charge in [-0.15, -0.1) is 0 Å². The summed E-state index contributed by atoms with van der Waals surface area (Å²) in [6.07, 6.45) is 10.6. The van der Waals surface area contributed by atoms with Gasteiger partial charge in [-0.1, -0.05) is 66.2 Å². The van der Waals surface area contributed by atoms with Gasteiger partial charge >= 0.3 is 0 Å². The first-order valence-electron chi connectivity index (χ1n) is 5.96. The molecule has 0 saturated carbocycles. The second-order valence-corrected chi connectivity index (χ2v) is 5.92. The molecule has 0 atom stereocenters. The van der Waals surface area contributed by atoms with E-state index in [9.17, 15) is 4.79 Å². The Morgan fingerprint density at radius 3 is 1.87 bits per heavy atom. The van der Waals surface area contributed by atoms with Crippen LogP contribution >= 0.6 is 27.7 Å². The lowest BCUT2D eigenvalue weighted by Gasteiger charge is -2.00. The Bertz CT molecular complexity index is 151. The Kier molecular flexibility index (Phi) is 13.0. The Labute approximate surface area is 107 Å². The van der Waals surface area contributed by atoms with Crippen LogP contribution in [-0.4, -0.2) is 16.2 Å². The van der Waals surface area contributed by atoms with Gasteiger partial charge in [-0.3, -0.25) is 4.79 Å². The largest absolute Gasteiger partial charge is 0.288 e. The van der Waals surface area contributed by atoms with Crippen molar-refractivity contribution < 1.29 is 4.79 Å².